The molecule has 0 radical (unpaired) electrons. The molecule has 0 spiro atoms. The quantitative estimate of drug-likeness (QED) is 0.855. The first-order valence-corrected chi connectivity index (χ1v) is 8.96. The lowest BCUT2D eigenvalue weighted by molar-refractivity contribution is -0.140. The number of carbonyl (C=O) groups excluding carboxylic acids is 1. The van der Waals surface area contributed by atoms with E-state index in [4.69, 9.17) is 0 Å². The average Bonchev–Trinajstić information content (AvgIpc) is 3.15. The van der Waals surface area contributed by atoms with Crippen molar-refractivity contribution in [3.05, 3.63) is 34.0 Å². The van der Waals surface area contributed by atoms with Crippen molar-refractivity contribution in [1.82, 2.24) is 24.6 Å². The lowest BCUT2D eigenvalue weighted by Crippen LogP contribution is -2.62. The molecule has 4 heterocycles. The molecular formula is C16H21N5OS. The van der Waals surface area contributed by atoms with Crippen LogP contribution in [0.25, 0.3) is 0 Å². The van der Waals surface area contributed by atoms with E-state index in [1.54, 1.807) is 11.3 Å². The zero-order valence-electron chi connectivity index (χ0n) is 13.5. The van der Waals surface area contributed by atoms with Crippen LogP contribution in [0.3, 0.4) is 0 Å². The second kappa shape index (κ2) is 5.72. The Labute approximate surface area is 139 Å². The molecule has 1 amide bonds. The summed E-state index contributed by atoms with van der Waals surface area (Å²) in [5.41, 5.74) is 0. The maximum atomic E-state index is 12.5. The van der Waals surface area contributed by atoms with Crippen molar-refractivity contribution in [2.24, 2.45) is 0 Å². The highest BCUT2D eigenvalue weighted by Gasteiger charge is 2.38. The summed E-state index contributed by atoms with van der Waals surface area (Å²) in [5.74, 6) is 2.27. The molecule has 0 aromatic carbocycles. The Morgan fingerprint density at radius 2 is 2.17 bits per heavy atom. The van der Waals surface area contributed by atoms with E-state index >= 15 is 0 Å². The normalized spacial score (nSPS) is 20.2. The molecule has 122 valence electrons. The van der Waals surface area contributed by atoms with Gasteiger partial charge in [-0.05, 0) is 25.3 Å². The Bertz CT molecular complexity index is 704. The van der Waals surface area contributed by atoms with Crippen LogP contribution in [0.15, 0.2) is 17.5 Å². The summed E-state index contributed by atoms with van der Waals surface area (Å²) in [6.07, 6.45) is 0. The van der Waals surface area contributed by atoms with E-state index in [0.29, 0.717) is 6.04 Å². The second-order valence-corrected chi connectivity index (χ2v) is 7.40. The van der Waals surface area contributed by atoms with Crippen LogP contribution in [0, 0.1) is 6.92 Å². The van der Waals surface area contributed by atoms with Crippen LogP contribution in [-0.2, 0) is 17.9 Å². The molecule has 1 saturated heterocycles. The highest BCUT2D eigenvalue weighted by atomic mass is 32.1. The van der Waals surface area contributed by atoms with Gasteiger partial charge in [0.15, 0.2) is 0 Å². The fourth-order valence-electron chi connectivity index (χ4n) is 3.43. The summed E-state index contributed by atoms with van der Waals surface area (Å²) in [7, 11) is 0. The van der Waals surface area contributed by atoms with Gasteiger partial charge in [0.25, 0.3) is 0 Å². The molecule has 4 rings (SSSR count). The van der Waals surface area contributed by atoms with E-state index < -0.39 is 0 Å². The highest BCUT2D eigenvalue weighted by molar-refractivity contribution is 7.10. The number of fused-ring (bicyclic) bond motifs is 1. The third-order valence-corrected chi connectivity index (χ3v) is 6.05. The zero-order valence-corrected chi connectivity index (χ0v) is 14.3. The molecular weight excluding hydrogens is 310 g/mol. The van der Waals surface area contributed by atoms with Crippen LogP contribution in [0.2, 0.25) is 0 Å². The number of hydrogen-bond acceptors (Lipinski definition) is 5. The topological polar surface area (TPSA) is 54.3 Å². The standard InChI is InChI=1S/C16H21N5OS/c1-11(14-4-3-7-23-14)16(22)20-8-13(9-20)19-5-6-21-12(2)17-18-15(21)10-19/h3-4,7,11,13H,5-6,8-10H2,1-2H3/t11-/m0/s1. The number of thiophene rings is 1. The van der Waals surface area contributed by atoms with Gasteiger partial charge in [-0.2, -0.15) is 0 Å². The average molecular weight is 331 g/mol. The summed E-state index contributed by atoms with van der Waals surface area (Å²) < 4.78 is 2.19. The summed E-state index contributed by atoms with van der Waals surface area (Å²) in [6.45, 7) is 8.48. The molecule has 0 unspecified atom stereocenters. The van der Waals surface area contributed by atoms with E-state index in [1.165, 1.54) is 0 Å². The van der Waals surface area contributed by atoms with E-state index in [9.17, 15) is 4.79 Å². The van der Waals surface area contributed by atoms with Gasteiger partial charge in [0.1, 0.15) is 11.6 Å². The lowest BCUT2D eigenvalue weighted by atomic mass is 10.0. The minimum atomic E-state index is -0.0249. The number of likely N-dealkylation sites (tertiary alicyclic amines) is 1. The molecule has 6 nitrogen and oxygen atoms in total. The van der Waals surface area contributed by atoms with Gasteiger partial charge in [0.2, 0.25) is 5.91 Å². The van der Waals surface area contributed by atoms with Gasteiger partial charge in [-0.3, -0.25) is 9.69 Å². The van der Waals surface area contributed by atoms with Crippen molar-refractivity contribution in [2.45, 2.75) is 38.9 Å². The van der Waals surface area contributed by atoms with Crippen LogP contribution in [-0.4, -0.2) is 56.1 Å². The molecule has 0 N–H and O–H groups in total. The van der Waals surface area contributed by atoms with E-state index in [0.717, 1.165) is 49.2 Å². The fraction of sp³-hybridized carbons (Fsp3) is 0.562. The van der Waals surface area contributed by atoms with Crippen LogP contribution in [0.1, 0.15) is 29.4 Å². The third-order valence-electron chi connectivity index (χ3n) is 5.00. The van der Waals surface area contributed by atoms with Crippen molar-refractivity contribution in [2.75, 3.05) is 19.6 Å². The molecule has 2 aromatic heterocycles. The van der Waals surface area contributed by atoms with Gasteiger partial charge in [0, 0.05) is 37.1 Å². The molecule has 1 atom stereocenters. The molecule has 2 aliphatic rings. The molecule has 0 aliphatic carbocycles. The Balaban J connectivity index is 1.34. The van der Waals surface area contributed by atoms with E-state index in [2.05, 4.69) is 19.7 Å². The van der Waals surface area contributed by atoms with Crippen molar-refractivity contribution >= 4 is 17.2 Å². The smallest absolute Gasteiger partial charge is 0.230 e. The summed E-state index contributed by atoms with van der Waals surface area (Å²) >= 11 is 1.66. The first-order chi connectivity index (χ1) is 11.1. The Kier molecular flexibility index (Phi) is 3.69. The number of amides is 1. The van der Waals surface area contributed by atoms with Gasteiger partial charge in [-0.15, -0.1) is 21.5 Å². The maximum Gasteiger partial charge on any atom is 0.230 e. The summed E-state index contributed by atoms with van der Waals surface area (Å²) in [4.78, 5) is 18.1. The van der Waals surface area contributed by atoms with Crippen molar-refractivity contribution in [1.29, 1.82) is 0 Å². The van der Waals surface area contributed by atoms with Crippen LogP contribution < -0.4 is 0 Å². The predicted octanol–water partition coefficient (Wildman–Crippen LogP) is 1.48. The zero-order chi connectivity index (χ0) is 16.0. The molecule has 2 aliphatic heterocycles. The molecule has 2 aromatic rings. The Hall–Kier alpha value is -1.73. The first-order valence-electron chi connectivity index (χ1n) is 8.08. The minimum absolute atomic E-state index is 0.0249. The van der Waals surface area contributed by atoms with E-state index in [-0.39, 0.29) is 11.8 Å². The van der Waals surface area contributed by atoms with Crippen LogP contribution in [0.5, 0.6) is 0 Å². The van der Waals surface area contributed by atoms with Crippen LogP contribution in [0.4, 0.5) is 0 Å². The third kappa shape index (κ3) is 2.57. The Morgan fingerprint density at radius 3 is 2.91 bits per heavy atom. The molecule has 0 bridgehead atoms. The number of aromatic nitrogens is 3. The van der Waals surface area contributed by atoms with E-state index in [1.807, 2.05) is 36.3 Å². The van der Waals surface area contributed by atoms with Crippen molar-refractivity contribution in [3.63, 3.8) is 0 Å². The van der Waals surface area contributed by atoms with Crippen LogP contribution >= 0.6 is 11.3 Å². The number of rotatable bonds is 3. The number of hydrogen-bond donors (Lipinski definition) is 0. The SMILES string of the molecule is Cc1nnc2n1CCN(C1CN(C(=O)[C@@H](C)c3cccs3)C1)C2. The predicted molar refractivity (Wildman–Crippen MR) is 88.3 cm³/mol. The molecule has 7 heteroatoms. The van der Waals surface area contributed by atoms with Gasteiger partial charge < -0.3 is 9.47 Å². The lowest BCUT2D eigenvalue weighted by Gasteiger charge is -2.47. The fourth-order valence-corrected chi connectivity index (χ4v) is 4.21. The molecule has 1 fully saturated rings. The molecule has 0 saturated carbocycles. The maximum absolute atomic E-state index is 12.5. The second-order valence-electron chi connectivity index (χ2n) is 6.42. The monoisotopic (exact) mass is 331 g/mol. The first kappa shape index (κ1) is 14.8. The van der Waals surface area contributed by atoms with Gasteiger partial charge in [-0.1, -0.05) is 6.07 Å². The van der Waals surface area contributed by atoms with Crippen molar-refractivity contribution < 1.29 is 4.79 Å². The summed E-state index contributed by atoms with van der Waals surface area (Å²) in [5, 5.41) is 10.4. The van der Waals surface area contributed by atoms with Gasteiger partial charge >= 0.3 is 0 Å². The highest BCUT2D eigenvalue weighted by Crippen LogP contribution is 2.27. The Morgan fingerprint density at radius 1 is 1.35 bits per heavy atom. The number of nitrogens with zero attached hydrogens (tertiary/aromatic N) is 5. The molecule has 23 heavy (non-hydrogen) atoms. The number of carbonyl (C=O) groups is 1. The minimum Gasteiger partial charge on any atom is -0.339 e. The van der Waals surface area contributed by atoms with Gasteiger partial charge in [0.05, 0.1) is 12.5 Å². The largest absolute Gasteiger partial charge is 0.339 e. The summed E-state index contributed by atoms with van der Waals surface area (Å²) in [6, 6.07) is 4.51. The number of aryl methyl sites for hydroxylation is 1. The van der Waals surface area contributed by atoms with Gasteiger partial charge in [-0.25, -0.2) is 0 Å². The van der Waals surface area contributed by atoms with Crippen molar-refractivity contribution in [3.8, 4) is 0 Å².